The highest BCUT2D eigenvalue weighted by Crippen LogP contribution is 2.49. The number of benzene rings is 1. The van der Waals surface area contributed by atoms with Gasteiger partial charge >= 0.3 is 0 Å². The first kappa shape index (κ1) is 21.0. The number of halogens is 2. The molecule has 2 N–H and O–H groups in total. The maximum Gasteiger partial charge on any atom is 0.191 e. The van der Waals surface area contributed by atoms with Gasteiger partial charge in [0.2, 0.25) is 0 Å². The van der Waals surface area contributed by atoms with Crippen LogP contribution in [0.25, 0.3) is 0 Å². The Balaban J connectivity index is 0.00000243. The molecule has 0 unspecified atom stereocenters. The van der Waals surface area contributed by atoms with Crippen molar-refractivity contribution in [3.05, 3.63) is 58.8 Å². The zero-order chi connectivity index (χ0) is 17.5. The van der Waals surface area contributed by atoms with Crippen molar-refractivity contribution in [2.24, 2.45) is 4.99 Å². The largest absolute Gasteiger partial charge is 0.490 e. The third-order valence-electron chi connectivity index (χ3n) is 4.41. The monoisotopic (exact) mass is 530 g/mol. The van der Waals surface area contributed by atoms with E-state index in [0.29, 0.717) is 13.2 Å². The molecule has 7 heteroatoms. The van der Waals surface area contributed by atoms with Crippen molar-refractivity contribution in [2.45, 2.75) is 18.3 Å². The van der Waals surface area contributed by atoms with Crippen molar-refractivity contribution in [3.8, 4) is 5.75 Å². The Morgan fingerprint density at radius 3 is 2.69 bits per heavy atom. The van der Waals surface area contributed by atoms with E-state index in [1.54, 1.807) is 19.4 Å². The predicted octanol–water partition coefficient (Wildman–Crippen LogP) is 3.74. The quantitative estimate of drug-likeness (QED) is 0.248. The van der Waals surface area contributed by atoms with Crippen LogP contribution in [0, 0.1) is 0 Å². The van der Waals surface area contributed by atoms with Crippen LogP contribution in [0.15, 0.2) is 58.3 Å². The predicted molar refractivity (Wildman–Crippen MR) is 120 cm³/mol. The number of nitrogens with zero attached hydrogens (tertiary/aromatic N) is 2. The van der Waals surface area contributed by atoms with Gasteiger partial charge in [-0.3, -0.25) is 9.98 Å². The van der Waals surface area contributed by atoms with E-state index in [1.807, 2.05) is 12.1 Å². The fraction of sp³-hybridized carbons (Fsp3) is 0.368. The molecular weight excluding hydrogens is 507 g/mol. The number of ether oxygens (including phenoxy) is 1. The summed E-state index contributed by atoms with van der Waals surface area (Å²) in [6.45, 7) is 2.11. The second kappa shape index (κ2) is 10.1. The van der Waals surface area contributed by atoms with Crippen molar-refractivity contribution >= 4 is 45.9 Å². The lowest BCUT2D eigenvalue weighted by atomic mass is 9.96. The maximum absolute atomic E-state index is 5.63. The molecule has 1 fully saturated rings. The maximum atomic E-state index is 5.63. The summed E-state index contributed by atoms with van der Waals surface area (Å²) in [5, 5.41) is 6.73. The molecule has 1 heterocycles. The molecule has 0 aliphatic heterocycles. The minimum absolute atomic E-state index is 0. The van der Waals surface area contributed by atoms with Crippen molar-refractivity contribution in [3.63, 3.8) is 0 Å². The van der Waals surface area contributed by atoms with Gasteiger partial charge in [-0.15, -0.1) is 24.0 Å². The molecule has 1 aliphatic rings. The minimum atomic E-state index is 0. The van der Waals surface area contributed by atoms with Crippen molar-refractivity contribution in [2.75, 3.05) is 26.7 Å². The SMILES string of the molecule is CN=C(NCCOc1cccnc1)NCC1(c2ccccc2Br)CC1.I. The van der Waals surface area contributed by atoms with Gasteiger partial charge in [0.1, 0.15) is 12.4 Å². The molecule has 0 spiro atoms. The normalized spacial score (nSPS) is 14.9. The van der Waals surface area contributed by atoms with E-state index < -0.39 is 0 Å². The molecule has 1 aromatic heterocycles. The van der Waals surface area contributed by atoms with Gasteiger partial charge in [0.05, 0.1) is 12.7 Å². The topological polar surface area (TPSA) is 58.5 Å². The third-order valence-corrected chi connectivity index (χ3v) is 5.11. The number of guanidine groups is 1. The fourth-order valence-corrected chi connectivity index (χ4v) is 3.53. The van der Waals surface area contributed by atoms with Crippen molar-refractivity contribution in [1.29, 1.82) is 0 Å². The van der Waals surface area contributed by atoms with Crippen LogP contribution in [0.4, 0.5) is 0 Å². The molecule has 0 saturated heterocycles. The van der Waals surface area contributed by atoms with Crippen molar-refractivity contribution in [1.82, 2.24) is 15.6 Å². The molecule has 0 atom stereocenters. The van der Waals surface area contributed by atoms with E-state index >= 15 is 0 Å². The number of nitrogens with one attached hydrogen (secondary N) is 2. The van der Waals surface area contributed by atoms with Crippen LogP contribution in [0.5, 0.6) is 5.75 Å². The minimum Gasteiger partial charge on any atom is -0.490 e. The van der Waals surface area contributed by atoms with Gasteiger partial charge in [0.15, 0.2) is 5.96 Å². The lowest BCUT2D eigenvalue weighted by molar-refractivity contribution is 0.320. The van der Waals surface area contributed by atoms with Crippen LogP contribution >= 0.6 is 39.9 Å². The van der Waals surface area contributed by atoms with E-state index in [9.17, 15) is 0 Å². The molecule has 2 aromatic rings. The van der Waals surface area contributed by atoms with Crippen molar-refractivity contribution < 1.29 is 4.74 Å². The lowest BCUT2D eigenvalue weighted by Crippen LogP contribution is -2.42. The van der Waals surface area contributed by atoms with Gasteiger partial charge in [-0.2, -0.15) is 0 Å². The van der Waals surface area contributed by atoms with E-state index in [-0.39, 0.29) is 29.4 Å². The zero-order valence-electron chi connectivity index (χ0n) is 14.7. The second-order valence-electron chi connectivity index (χ2n) is 6.15. The Hall–Kier alpha value is -1.35. The first-order chi connectivity index (χ1) is 12.2. The summed E-state index contributed by atoms with van der Waals surface area (Å²) in [6.07, 6.45) is 5.84. The summed E-state index contributed by atoms with van der Waals surface area (Å²) in [7, 11) is 1.79. The molecule has 140 valence electrons. The van der Waals surface area contributed by atoms with Crippen LogP contribution in [0.3, 0.4) is 0 Å². The van der Waals surface area contributed by atoms with Crippen LogP contribution in [-0.4, -0.2) is 37.7 Å². The fourth-order valence-electron chi connectivity index (χ4n) is 2.83. The average molecular weight is 531 g/mol. The van der Waals surface area contributed by atoms with Gasteiger partial charge in [0, 0.05) is 29.7 Å². The Morgan fingerprint density at radius 1 is 1.23 bits per heavy atom. The zero-order valence-corrected chi connectivity index (χ0v) is 18.7. The second-order valence-corrected chi connectivity index (χ2v) is 7.00. The van der Waals surface area contributed by atoms with E-state index in [1.165, 1.54) is 22.9 Å². The number of hydrogen-bond acceptors (Lipinski definition) is 3. The van der Waals surface area contributed by atoms with Gasteiger partial charge in [-0.25, -0.2) is 0 Å². The number of aliphatic imine (C=N–C) groups is 1. The van der Waals surface area contributed by atoms with Gasteiger partial charge in [0.25, 0.3) is 0 Å². The molecule has 1 saturated carbocycles. The highest BCUT2D eigenvalue weighted by Gasteiger charge is 2.45. The van der Waals surface area contributed by atoms with Gasteiger partial charge in [-0.1, -0.05) is 34.1 Å². The first-order valence-electron chi connectivity index (χ1n) is 8.46. The number of hydrogen-bond donors (Lipinski definition) is 2. The standard InChI is InChI=1S/C19H23BrN4O.HI/c1-21-18(23-11-12-25-15-5-4-10-22-13-15)24-14-19(8-9-19)16-6-2-3-7-17(16)20;/h2-7,10,13H,8-9,11-12,14H2,1H3,(H2,21,23,24);1H. The Bertz CT molecular complexity index is 722. The van der Waals surface area contributed by atoms with Crippen LogP contribution < -0.4 is 15.4 Å². The Morgan fingerprint density at radius 2 is 2.04 bits per heavy atom. The van der Waals surface area contributed by atoms with E-state index in [2.05, 4.69) is 60.8 Å². The first-order valence-corrected chi connectivity index (χ1v) is 9.25. The van der Waals surface area contributed by atoms with Gasteiger partial charge < -0.3 is 15.4 Å². The lowest BCUT2D eigenvalue weighted by Gasteiger charge is -2.20. The van der Waals surface area contributed by atoms with Crippen LogP contribution in [0.1, 0.15) is 18.4 Å². The number of rotatable bonds is 7. The summed E-state index contributed by atoms with van der Waals surface area (Å²) >= 11 is 3.67. The molecule has 0 amide bonds. The highest BCUT2D eigenvalue weighted by molar-refractivity contribution is 14.0. The third kappa shape index (κ3) is 5.57. The Kier molecular flexibility index (Phi) is 8.15. The molecule has 0 bridgehead atoms. The van der Waals surface area contributed by atoms with Gasteiger partial charge in [-0.05, 0) is 36.6 Å². The summed E-state index contributed by atoms with van der Waals surface area (Å²) in [6, 6.07) is 12.2. The summed E-state index contributed by atoms with van der Waals surface area (Å²) < 4.78 is 6.81. The molecular formula is C19H24BrIN4O. The molecule has 3 rings (SSSR count). The smallest absolute Gasteiger partial charge is 0.191 e. The van der Waals surface area contributed by atoms with E-state index in [4.69, 9.17) is 4.74 Å². The molecule has 5 nitrogen and oxygen atoms in total. The summed E-state index contributed by atoms with van der Waals surface area (Å²) in [5.74, 6) is 1.58. The van der Waals surface area contributed by atoms with E-state index in [0.717, 1.165) is 18.3 Å². The number of pyridine rings is 1. The summed E-state index contributed by atoms with van der Waals surface area (Å²) in [5.41, 5.74) is 1.59. The Labute approximate surface area is 180 Å². The number of aromatic nitrogens is 1. The molecule has 1 aromatic carbocycles. The highest BCUT2D eigenvalue weighted by atomic mass is 127. The van der Waals surface area contributed by atoms with Crippen LogP contribution in [0.2, 0.25) is 0 Å². The molecule has 0 radical (unpaired) electrons. The molecule has 26 heavy (non-hydrogen) atoms. The van der Waals surface area contributed by atoms with Crippen LogP contribution in [-0.2, 0) is 5.41 Å². The average Bonchev–Trinajstić information content (AvgIpc) is 3.43. The summed E-state index contributed by atoms with van der Waals surface area (Å²) in [4.78, 5) is 8.32. The molecule has 1 aliphatic carbocycles.